The fourth-order valence-electron chi connectivity index (χ4n) is 0.509. The molecule has 0 bridgehead atoms. The minimum Gasteiger partial charge on any atom is -0.413 e. The zero-order chi connectivity index (χ0) is 9.83. The van der Waals surface area contributed by atoms with E-state index < -0.39 is 8.32 Å². The van der Waals surface area contributed by atoms with Gasteiger partial charge in [-0.1, -0.05) is 49.4 Å². The Morgan fingerprint density at radius 1 is 1.33 bits per heavy atom. The molecule has 0 aromatic heterocycles. The fraction of sp³-hybridized carbons (Fsp3) is 0.778. The van der Waals surface area contributed by atoms with Gasteiger partial charge in [-0.15, -0.1) is 0 Å². The molecule has 1 nitrogen and oxygen atoms in total. The van der Waals surface area contributed by atoms with Gasteiger partial charge in [0, 0.05) is 0 Å². The van der Waals surface area contributed by atoms with E-state index in [2.05, 4.69) is 62.5 Å². The third-order valence-electron chi connectivity index (χ3n) is 2.44. The van der Waals surface area contributed by atoms with Crippen LogP contribution in [0.3, 0.4) is 0 Å². The third kappa shape index (κ3) is 4.05. The van der Waals surface area contributed by atoms with Crippen LogP contribution in [0.5, 0.6) is 0 Å². The van der Waals surface area contributed by atoms with Gasteiger partial charge in [0.15, 0.2) is 8.32 Å². The van der Waals surface area contributed by atoms with Crippen molar-refractivity contribution < 1.29 is 4.43 Å². The molecule has 0 aliphatic heterocycles. The second kappa shape index (κ2) is 4.76. The van der Waals surface area contributed by atoms with Crippen molar-refractivity contribution in [3.63, 3.8) is 0 Å². The summed E-state index contributed by atoms with van der Waals surface area (Å²) in [6.45, 7) is 12.1. The van der Waals surface area contributed by atoms with Gasteiger partial charge in [-0.2, -0.15) is 0 Å². The Kier molecular flexibility index (Phi) is 5.02. The molecule has 0 rings (SSSR count). The van der Waals surface area contributed by atoms with Crippen molar-refractivity contribution in [2.45, 2.75) is 38.9 Å². The fourth-order valence-corrected chi connectivity index (χ4v) is 1.66. The first-order chi connectivity index (χ1) is 5.31. The van der Waals surface area contributed by atoms with Gasteiger partial charge in [-0.05, 0) is 22.2 Å². The second-order valence-corrected chi connectivity index (χ2v) is 9.96. The molecule has 0 fully saturated rings. The summed E-state index contributed by atoms with van der Waals surface area (Å²) in [4.78, 5) is 0. The van der Waals surface area contributed by atoms with E-state index in [-0.39, 0.29) is 0 Å². The number of halogens is 1. The maximum atomic E-state index is 5.88. The van der Waals surface area contributed by atoms with Crippen LogP contribution in [0.25, 0.3) is 0 Å². The Bertz CT molecular complexity index is 158. The molecular formula is C9H19IOSi. The van der Waals surface area contributed by atoms with Gasteiger partial charge < -0.3 is 4.43 Å². The van der Waals surface area contributed by atoms with Crippen LogP contribution in [-0.4, -0.2) is 14.9 Å². The van der Waals surface area contributed by atoms with Gasteiger partial charge in [0.25, 0.3) is 0 Å². The van der Waals surface area contributed by atoms with E-state index in [4.69, 9.17) is 4.43 Å². The molecule has 0 aliphatic carbocycles. The average Bonchev–Trinajstić information content (AvgIpc) is 1.85. The number of hydrogen-bond donors (Lipinski definition) is 0. The van der Waals surface area contributed by atoms with Crippen molar-refractivity contribution in [1.29, 1.82) is 0 Å². The number of hydrogen-bond acceptors (Lipinski definition) is 1. The topological polar surface area (TPSA) is 9.23 Å². The van der Waals surface area contributed by atoms with Gasteiger partial charge in [0.1, 0.15) is 0 Å². The van der Waals surface area contributed by atoms with Crippen LogP contribution < -0.4 is 0 Å². The molecular weight excluding hydrogens is 279 g/mol. The molecule has 72 valence electrons. The first-order valence-corrected chi connectivity index (χ1v) is 8.36. The molecule has 0 heterocycles. The normalized spacial score (nSPS) is 14.2. The molecule has 0 spiro atoms. The van der Waals surface area contributed by atoms with E-state index >= 15 is 0 Å². The van der Waals surface area contributed by atoms with E-state index in [9.17, 15) is 0 Å². The zero-order valence-electron chi connectivity index (χ0n) is 8.65. The predicted molar refractivity (Wildman–Crippen MR) is 66.3 cm³/mol. The van der Waals surface area contributed by atoms with Crippen LogP contribution in [0.15, 0.2) is 10.2 Å². The summed E-state index contributed by atoms with van der Waals surface area (Å²) < 4.78 is 7.89. The molecule has 0 saturated heterocycles. The Balaban J connectivity index is 4.05. The van der Waals surface area contributed by atoms with E-state index in [1.807, 2.05) is 4.08 Å². The molecule has 3 heteroatoms. The lowest BCUT2D eigenvalue weighted by atomic mass is 10.2. The maximum Gasteiger partial charge on any atom is 0.192 e. The molecule has 0 radical (unpaired) electrons. The monoisotopic (exact) mass is 298 g/mol. The van der Waals surface area contributed by atoms with Crippen molar-refractivity contribution in [2.75, 3.05) is 6.61 Å². The molecule has 0 saturated carbocycles. The average molecular weight is 298 g/mol. The first kappa shape index (κ1) is 12.6. The summed E-state index contributed by atoms with van der Waals surface area (Å²) in [5, 5.41) is 0.326. The van der Waals surface area contributed by atoms with Gasteiger partial charge >= 0.3 is 0 Å². The van der Waals surface area contributed by atoms with Gasteiger partial charge in [-0.3, -0.25) is 0 Å². The molecule has 0 aliphatic rings. The minimum absolute atomic E-state index is 0.326. The van der Waals surface area contributed by atoms with Crippen molar-refractivity contribution in [3.8, 4) is 0 Å². The van der Waals surface area contributed by atoms with Crippen LogP contribution in [0.4, 0.5) is 0 Å². The highest BCUT2D eigenvalue weighted by molar-refractivity contribution is 14.1. The van der Waals surface area contributed by atoms with Crippen molar-refractivity contribution in [1.82, 2.24) is 0 Å². The molecule has 12 heavy (non-hydrogen) atoms. The quantitative estimate of drug-likeness (QED) is 0.566. The Labute approximate surface area is 90.8 Å². The first-order valence-electron chi connectivity index (χ1n) is 4.20. The maximum absolute atomic E-state index is 5.88. The summed E-state index contributed by atoms with van der Waals surface area (Å²) in [5.41, 5.74) is 0. The van der Waals surface area contributed by atoms with Crippen molar-refractivity contribution in [2.24, 2.45) is 0 Å². The van der Waals surface area contributed by atoms with E-state index in [0.717, 1.165) is 6.61 Å². The molecule has 0 aromatic carbocycles. The smallest absolute Gasteiger partial charge is 0.192 e. The van der Waals surface area contributed by atoms with E-state index in [0.29, 0.717) is 5.04 Å². The van der Waals surface area contributed by atoms with Crippen molar-refractivity contribution in [3.05, 3.63) is 10.2 Å². The Morgan fingerprint density at radius 3 is 2.17 bits per heavy atom. The molecule has 0 N–H and O–H groups in total. The van der Waals surface area contributed by atoms with E-state index in [1.165, 1.54) is 0 Å². The Morgan fingerprint density at radius 2 is 1.83 bits per heavy atom. The Hall–Kier alpha value is 0.647. The highest BCUT2D eigenvalue weighted by atomic mass is 127. The van der Waals surface area contributed by atoms with Crippen LogP contribution in [-0.2, 0) is 4.43 Å². The summed E-state index contributed by atoms with van der Waals surface area (Å²) in [6, 6.07) is 0. The predicted octanol–water partition coefficient (Wildman–Crippen LogP) is 3.96. The molecule has 0 aromatic rings. The van der Waals surface area contributed by atoms with Crippen LogP contribution in [0.1, 0.15) is 20.8 Å². The zero-order valence-corrected chi connectivity index (χ0v) is 11.8. The van der Waals surface area contributed by atoms with Gasteiger partial charge in [0.2, 0.25) is 0 Å². The van der Waals surface area contributed by atoms with Crippen molar-refractivity contribution >= 4 is 30.9 Å². The van der Waals surface area contributed by atoms with E-state index in [1.54, 1.807) is 0 Å². The minimum atomic E-state index is -1.50. The second-order valence-electron chi connectivity index (χ2n) is 4.43. The summed E-state index contributed by atoms with van der Waals surface area (Å²) in [7, 11) is -1.50. The summed E-state index contributed by atoms with van der Waals surface area (Å²) >= 11 is 2.21. The highest BCUT2D eigenvalue weighted by Crippen LogP contribution is 2.36. The third-order valence-corrected chi connectivity index (χ3v) is 7.44. The lowest BCUT2D eigenvalue weighted by Gasteiger charge is -2.35. The van der Waals surface area contributed by atoms with Crippen LogP contribution in [0.2, 0.25) is 18.1 Å². The lowest BCUT2D eigenvalue weighted by Crippen LogP contribution is -2.40. The molecule has 0 unspecified atom stereocenters. The van der Waals surface area contributed by atoms with Crippen LogP contribution >= 0.6 is 22.6 Å². The summed E-state index contributed by atoms with van der Waals surface area (Å²) in [6.07, 6.45) is 2.06. The molecule has 0 amide bonds. The van der Waals surface area contributed by atoms with Gasteiger partial charge in [0.05, 0.1) is 6.61 Å². The lowest BCUT2D eigenvalue weighted by molar-refractivity contribution is 0.328. The SMILES string of the molecule is CC(C)(C)[Si](C)(C)OCC=CI. The number of rotatable bonds is 3. The highest BCUT2D eigenvalue weighted by Gasteiger charge is 2.36. The standard InChI is InChI=1S/C9H19IOSi/c1-9(2,3)12(4,5)11-8-6-7-10/h6-7H,8H2,1-5H3. The van der Waals surface area contributed by atoms with Gasteiger partial charge in [-0.25, -0.2) is 0 Å². The summed E-state index contributed by atoms with van der Waals surface area (Å²) in [5.74, 6) is 0. The molecule has 0 atom stereocenters. The largest absolute Gasteiger partial charge is 0.413 e. The van der Waals surface area contributed by atoms with Crippen LogP contribution in [0, 0.1) is 0 Å².